The maximum absolute atomic E-state index is 11.9. The number of halogens is 1. The summed E-state index contributed by atoms with van der Waals surface area (Å²) < 4.78 is 0. The first kappa shape index (κ1) is 17.2. The van der Waals surface area contributed by atoms with E-state index in [-0.39, 0.29) is 5.91 Å². The van der Waals surface area contributed by atoms with Gasteiger partial charge in [-0.05, 0) is 55.4 Å². The van der Waals surface area contributed by atoms with Crippen LogP contribution in [0, 0.1) is 6.92 Å². The van der Waals surface area contributed by atoms with Crippen molar-refractivity contribution >= 4 is 34.8 Å². The average Bonchev–Trinajstić information content (AvgIpc) is 2.55. The number of benzene rings is 2. The van der Waals surface area contributed by atoms with Crippen molar-refractivity contribution in [1.82, 2.24) is 16.2 Å². The molecule has 0 aliphatic heterocycles. The predicted octanol–water partition coefficient (Wildman–Crippen LogP) is 3.00. The Morgan fingerprint density at radius 3 is 2.35 bits per heavy atom. The molecule has 0 aromatic heterocycles. The molecule has 0 aliphatic rings. The predicted molar refractivity (Wildman–Crippen MR) is 97.5 cm³/mol. The average molecular weight is 348 g/mol. The van der Waals surface area contributed by atoms with Crippen molar-refractivity contribution in [2.24, 2.45) is 0 Å². The highest BCUT2D eigenvalue weighted by atomic mass is 35.5. The molecule has 0 saturated heterocycles. The minimum atomic E-state index is -0.230. The Bertz CT molecular complexity index is 671. The van der Waals surface area contributed by atoms with Gasteiger partial charge in [-0.2, -0.15) is 0 Å². The van der Waals surface area contributed by atoms with Crippen molar-refractivity contribution in [2.45, 2.75) is 13.3 Å². The second-order valence-corrected chi connectivity index (χ2v) is 5.92. The second-order valence-electron chi connectivity index (χ2n) is 5.08. The van der Waals surface area contributed by atoms with Gasteiger partial charge >= 0.3 is 0 Å². The lowest BCUT2D eigenvalue weighted by molar-refractivity contribution is 0.0943. The molecule has 0 heterocycles. The summed E-state index contributed by atoms with van der Waals surface area (Å²) in [6.45, 7) is 2.63. The molecule has 4 nitrogen and oxygen atoms in total. The molecule has 0 fully saturated rings. The van der Waals surface area contributed by atoms with Crippen molar-refractivity contribution in [3.8, 4) is 0 Å². The first-order valence-corrected chi connectivity index (χ1v) is 7.98. The first-order chi connectivity index (χ1) is 11.0. The van der Waals surface area contributed by atoms with Crippen molar-refractivity contribution in [3.63, 3.8) is 0 Å². The number of amides is 1. The Labute approximate surface area is 146 Å². The van der Waals surface area contributed by atoms with E-state index in [1.807, 2.05) is 43.3 Å². The molecule has 120 valence electrons. The monoisotopic (exact) mass is 347 g/mol. The topological polar surface area (TPSA) is 53.2 Å². The van der Waals surface area contributed by atoms with E-state index < -0.39 is 0 Å². The molecule has 0 bridgehead atoms. The lowest BCUT2D eigenvalue weighted by Gasteiger charge is -2.11. The van der Waals surface area contributed by atoms with Crippen LogP contribution in [0.25, 0.3) is 0 Å². The van der Waals surface area contributed by atoms with E-state index in [9.17, 15) is 4.79 Å². The molecule has 0 atom stereocenters. The van der Waals surface area contributed by atoms with Crippen LogP contribution in [-0.4, -0.2) is 17.6 Å². The summed E-state index contributed by atoms with van der Waals surface area (Å²) in [5, 5.41) is 4.13. The summed E-state index contributed by atoms with van der Waals surface area (Å²) >= 11 is 11.0. The maximum Gasteiger partial charge on any atom is 0.269 e. The summed E-state index contributed by atoms with van der Waals surface area (Å²) in [6, 6.07) is 15.0. The minimum absolute atomic E-state index is 0.230. The van der Waals surface area contributed by atoms with Gasteiger partial charge in [0.05, 0.1) is 0 Å². The Balaban J connectivity index is 1.69. The lowest BCUT2D eigenvalue weighted by Crippen LogP contribution is -2.47. The van der Waals surface area contributed by atoms with Gasteiger partial charge in [-0.3, -0.25) is 15.6 Å². The first-order valence-electron chi connectivity index (χ1n) is 7.20. The van der Waals surface area contributed by atoms with E-state index in [4.69, 9.17) is 23.8 Å². The van der Waals surface area contributed by atoms with Crippen LogP contribution in [0.5, 0.6) is 0 Å². The molecule has 0 spiro atoms. The zero-order chi connectivity index (χ0) is 16.7. The molecule has 2 aromatic rings. The van der Waals surface area contributed by atoms with Gasteiger partial charge in [-0.15, -0.1) is 0 Å². The number of hydrogen-bond donors (Lipinski definition) is 3. The number of rotatable bonds is 4. The molecule has 0 radical (unpaired) electrons. The van der Waals surface area contributed by atoms with Crippen molar-refractivity contribution in [2.75, 3.05) is 6.54 Å². The van der Waals surface area contributed by atoms with Gasteiger partial charge in [0.25, 0.3) is 5.91 Å². The van der Waals surface area contributed by atoms with Crippen LogP contribution in [0.15, 0.2) is 48.5 Å². The number of hydrazine groups is 1. The van der Waals surface area contributed by atoms with Gasteiger partial charge in [-0.1, -0.05) is 41.4 Å². The Morgan fingerprint density at radius 1 is 1.04 bits per heavy atom. The Morgan fingerprint density at radius 2 is 1.70 bits per heavy atom. The Hall–Kier alpha value is -2.11. The van der Waals surface area contributed by atoms with Crippen LogP contribution < -0.4 is 16.2 Å². The van der Waals surface area contributed by atoms with Crippen molar-refractivity contribution < 1.29 is 4.79 Å². The van der Waals surface area contributed by atoms with Gasteiger partial charge in [0.15, 0.2) is 5.11 Å². The number of thiocarbonyl (C=S) groups is 1. The molecule has 2 rings (SSSR count). The van der Waals surface area contributed by atoms with Gasteiger partial charge in [0.2, 0.25) is 0 Å². The highest BCUT2D eigenvalue weighted by Crippen LogP contribution is 2.09. The SMILES string of the molecule is Cc1ccc(C(=O)NNC(=S)NCCc2ccc(Cl)cc2)cc1. The number of carbonyl (C=O) groups excluding carboxylic acids is 1. The zero-order valence-electron chi connectivity index (χ0n) is 12.7. The molecule has 0 aliphatic carbocycles. The van der Waals surface area contributed by atoms with Gasteiger partial charge in [0, 0.05) is 17.1 Å². The third kappa shape index (κ3) is 5.88. The molecule has 0 saturated carbocycles. The molecule has 1 amide bonds. The van der Waals surface area contributed by atoms with Crippen LogP contribution in [0.1, 0.15) is 21.5 Å². The van der Waals surface area contributed by atoms with Crippen molar-refractivity contribution in [1.29, 1.82) is 0 Å². The highest BCUT2D eigenvalue weighted by Gasteiger charge is 2.04. The smallest absolute Gasteiger partial charge is 0.269 e. The highest BCUT2D eigenvalue weighted by molar-refractivity contribution is 7.80. The summed E-state index contributed by atoms with van der Waals surface area (Å²) in [4.78, 5) is 11.9. The van der Waals surface area contributed by atoms with E-state index in [0.29, 0.717) is 17.2 Å². The quantitative estimate of drug-likeness (QED) is 0.588. The van der Waals surface area contributed by atoms with Crippen LogP contribution in [0.4, 0.5) is 0 Å². The van der Waals surface area contributed by atoms with Gasteiger partial charge in [0.1, 0.15) is 0 Å². The standard InChI is InChI=1S/C17H18ClN3OS/c1-12-2-6-14(7-3-12)16(22)20-21-17(23)19-11-10-13-4-8-15(18)9-5-13/h2-9H,10-11H2,1H3,(H,20,22)(H2,19,21,23). The third-order valence-corrected chi connectivity index (χ3v) is 3.71. The molecule has 0 unspecified atom stereocenters. The largest absolute Gasteiger partial charge is 0.361 e. The second kappa shape index (κ2) is 8.50. The van der Waals surface area contributed by atoms with Gasteiger partial charge in [-0.25, -0.2) is 0 Å². The van der Waals surface area contributed by atoms with E-state index in [0.717, 1.165) is 22.6 Å². The normalized spacial score (nSPS) is 10.0. The number of carbonyl (C=O) groups is 1. The maximum atomic E-state index is 11.9. The van der Waals surface area contributed by atoms with Crippen LogP contribution in [-0.2, 0) is 6.42 Å². The molecular weight excluding hydrogens is 330 g/mol. The fraction of sp³-hybridized carbons (Fsp3) is 0.176. The summed E-state index contributed by atoms with van der Waals surface area (Å²) in [6.07, 6.45) is 0.810. The molecule has 3 N–H and O–H groups in total. The third-order valence-electron chi connectivity index (χ3n) is 3.22. The lowest BCUT2D eigenvalue weighted by atomic mass is 10.1. The Kier molecular flexibility index (Phi) is 6.38. The van der Waals surface area contributed by atoms with Crippen LogP contribution in [0.3, 0.4) is 0 Å². The number of hydrogen-bond acceptors (Lipinski definition) is 2. The summed E-state index contributed by atoms with van der Waals surface area (Å²) in [7, 11) is 0. The zero-order valence-corrected chi connectivity index (χ0v) is 14.3. The molecule has 2 aromatic carbocycles. The summed E-state index contributed by atoms with van der Waals surface area (Å²) in [5.74, 6) is -0.230. The van der Waals surface area contributed by atoms with Gasteiger partial charge < -0.3 is 5.32 Å². The van der Waals surface area contributed by atoms with Crippen molar-refractivity contribution in [3.05, 3.63) is 70.2 Å². The van der Waals surface area contributed by atoms with E-state index in [2.05, 4.69) is 16.2 Å². The summed E-state index contributed by atoms with van der Waals surface area (Å²) in [5.41, 5.74) is 8.10. The number of nitrogens with one attached hydrogen (secondary N) is 3. The molecule has 23 heavy (non-hydrogen) atoms. The van der Waals surface area contributed by atoms with E-state index in [1.54, 1.807) is 12.1 Å². The fourth-order valence-electron chi connectivity index (χ4n) is 1.91. The minimum Gasteiger partial charge on any atom is -0.361 e. The molecular formula is C17H18ClN3OS. The van der Waals surface area contributed by atoms with Crippen LogP contribution in [0.2, 0.25) is 5.02 Å². The number of aryl methyl sites for hydroxylation is 1. The van der Waals surface area contributed by atoms with E-state index in [1.165, 1.54) is 0 Å². The van der Waals surface area contributed by atoms with Crippen LogP contribution >= 0.6 is 23.8 Å². The van der Waals surface area contributed by atoms with E-state index >= 15 is 0 Å². The fourth-order valence-corrected chi connectivity index (χ4v) is 2.19. The molecule has 6 heteroatoms.